The molecule has 0 saturated carbocycles. The standard InChI is InChI=1S/C19H21N3O2S/c20-12-15-6-1-2-7-17(15)24-14-19(23)21-13-16(18-8-5-11-25-18)22-9-3-4-10-22/h1-2,5-8,11,16H,3-4,9-10,13-14H2,(H,21,23)/t16-/m0/s1. The molecule has 2 aromatic rings. The minimum atomic E-state index is -0.173. The smallest absolute Gasteiger partial charge is 0.258 e. The van der Waals surface area contributed by atoms with Gasteiger partial charge in [0.2, 0.25) is 0 Å². The molecule has 6 heteroatoms. The van der Waals surface area contributed by atoms with Crippen molar-refractivity contribution in [3.05, 3.63) is 52.2 Å². The maximum atomic E-state index is 12.2. The van der Waals surface area contributed by atoms with Gasteiger partial charge in [0.05, 0.1) is 11.6 Å². The number of thiophene rings is 1. The molecule has 0 radical (unpaired) electrons. The fourth-order valence-electron chi connectivity index (χ4n) is 3.03. The normalized spacial score (nSPS) is 15.5. The number of para-hydroxylation sites is 1. The van der Waals surface area contributed by atoms with E-state index in [9.17, 15) is 4.79 Å². The summed E-state index contributed by atoms with van der Waals surface area (Å²) in [5, 5.41) is 14.1. The third-order valence-corrected chi connectivity index (χ3v) is 5.29. The molecule has 1 aliphatic rings. The molecule has 1 N–H and O–H groups in total. The highest BCUT2D eigenvalue weighted by atomic mass is 32.1. The van der Waals surface area contributed by atoms with Crippen molar-refractivity contribution in [2.75, 3.05) is 26.2 Å². The molecule has 1 amide bonds. The predicted molar refractivity (Wildman–Crippen MR) is 97.5 cm³/mol. The Morgan fingerprint density at radius 1 is 1.28 bits per heavy atom. The summed E-state index contributed by atoms with van der Waals surface area (Å²) in [6, 6.07) is 13.4. The third-order valence-electron chi connectivity index (χ3n) is 4.31. The predicted octanol–water partition coefficient (Wildman–Crippen LogP) is 2.95. The van der Waals surface area contributed by atoms with Crippen LogP contribution in [0.4, 0.5) is 0 Å². The number of benzene rings is 1. The van der Waals surface area contributed by atoms with E-state index >= 15 is 0 Å². The molecule has 1 fully saturated rings. The zero-order valence-corrected chi connectivity index (χ0v) is 14.8. The minimum absolute atomic E-state index is 0.0874. The average Bonchev–Trinajstić information content (AvgIpc) is 3.35. The Bertz CT molecular complexity index is 733. The number of ether oxygens (including phenoxy) is 1. The number of hydrogen-bond donors (Lipinski definition) is 1. The Morgan fingerprint density at radius 2 is 2.08 bits per heavy atom. The van der Waals surface area contributed by atoms with E-state index < -0.39 is 0 Å². The van der Waals surface area contributed by atoms with Crippen molar-refractivity contribution in [2.45, 2.75) is 18.9 Å². The first kappa shape index (κ1) is 17.5. The van der Waals surface area contributed by atoms with Crippen LogP contribution in [0.25, 0.3) is 0 Å². The van der Waals surface area contributed by atoms with Crippen LogP contribution in [0.2, 0.25) is 0 Å². The van der Waals surface area contributed by atoms with Gasteiger partial charge in [0.15, 0.2) is 6.61 Å². The molecule has 1 atom stereocenters. The Kier molecular flexibility index (Phi) is 6.04. The first-order chi connectivity index (χ1) is 12.3. The minimum Gasteiger partial charge on any atom is -0.482 e. The highest BCUT2D eigenvalue weighted by Crippen LogP contribution is 2.27. The quantitative estimate of drug-likeness (QED) is 0.829. The molecule has 130 valence electrons. The van der Waals surface area contributed by atoms with Crippen molar-refractivity contribution >= 4 is 17.2 Å². The lowest BCUT2D eigenvalue weighted by Crippen LogP contribution is -2.38. The summed E-state index contributed by atoms with van der Waals surface area (Å²) in [4.78, 5) is 15.9. The first-order valence-electron chi connectivity index (χ1n) is 8.44. The first-order valence-corrected chi connectivity index (χ1v) is 9.32. The van der Waals surface area contributed by atoms with Crippen LogP contribution >= 0.6 is 11.3 Å². The van der Waals surface area contributed by atoms with E-state index in [1.165, 1.54) is 17.7 Å². The van der Waals surface area contributed by atoms with Gasteiger partial charge >= 0.3 is 0 Å². The van der Waals surface area contributed by atoms with E-state index in [1.807, 2.05) is 6.07 Å². The molecule has 1 saturated heterocycles. The van der Waals surface area contributed by atoms with Crippen LogP contribution in [0.3, 0.4) is 0 Å². The highest BCUT2D eigenvalue weighted by molar-refractivity contribution is 7.10. The van der Waals surface area contributed by atoms with E-state index in [2.05, 4.69) is 27.7 Å². The number of likely N-dealkylation sites (tertiary alicyclic amines) is 1. The fraction of sp³-hybridized carbons (Fsp3) is 0.368. The highest BCUT2D eigenvalue weighted by Gasteiger charge is 2.24. The zero-order valence-electron chi connectivity index (χ0n) is 14.0. The fourth-order valence-corrected chi connectivity index (χ4v) is 3.89. The van der Waals surface area contributed by atoms with Gasteiger partial charge in [0, 0.05) is 11.4 Å². The van der Waals surface area contributed by atoms with Crippen LogP contribution < -0.4 is 10.1 Å². The second-order valence-electron chi connectivity index (χ2n) is 5.98. The van der Waals surface area contributed by atoms with Crippen LogP contribution in [0.5, 0.6) is 5.75 Å². The van der Waals surface area contributed by atoms with Crippen LogP contribution in [-0.2, 0) is 4.79 Å². The molecular formula is C19H21N3O2S. The lowest BCUT2D eigenvalue weighted by molar-refractivity contribution is -0.123. The topological polar surface area (TPSA) is 65.4 Å². The second kappa shape index (κ2) is 8.65. The van der Waals surface area contributed by atoms with Crippen molar-refractivity contribution in [1.29, 1.82) is 5.26 Å². The van der Waals surface area contributed by atoms with E-state index in [1.54, 1.807) is 35.6 Å². The van der Waals surface area contributed by atoms with Crippen molar-refractivity contribution < 1.29 is 9.53 Å². The lowest BCUT2D eigenvalue weighted by atomic mass is 10.2. The van der Waals surface area contributed by atoms with Crippen molar-refractivity contribution in [3.63, 3.8) is 0 Å². The summed E-state index contributed by atoms with van der Waals surface area (Å²) in [5.41, 5.74) is 0.434. The summed E-state index contributed by atoms with van der Waals surface area (Å²) >= 11 is 1.72. The van der Waals surface area contributed by atoms with Crippen LogP contribution in [-0.4, -0.2) is 37.0 Å². The lowest BCUT2D eigenvalue weighted by Gasteiger charge is -2.26. The summed E-state index contributed by atoms with van der Waals surface area (Å²) in [6.07, 6.45) is 2.42. The van der Waals surface area contributed by atoms with Gasteiger partial charge in [-0.15, -0.1) is 11.3 Å². The maximum absolute atomic E-state index is 12.2. The third kappa shape index (κ3) is 4.59. The number of rotatable bonds is 7. The van der Waals surface area contributed by atoms with Gasteiger partial charge in [-0.3, -0.25) is 9.69 Å². The molecule has 0 spiro atoms. The molecule has 5 nitrogen and oxygen atoms in total. The summed E-state index contributed by atoms with van der Waals surface area (Å²) in [5.74, 6) is 0.267. The molecule has 2 heterocycles. The molecule has 0 aliphatic carbocycles. The summed E-state index contributed by atoms with van der Waals surface area (Å²) in [6.45, 7) is 2.63. The summed E-state index contributed by atoms with van der Waals surface area (Å²) in [7, 11) is 0. The van der Waals surface area contributed by atoms with Crippen molar-refractivity contribution in [3.8, 4) is 11.8 Å². The van der Waals surface area contributed by atoms with Gasteiger partial charge in [0.25, 0.3) is 5.91 Å². The number of nitrogens with zero attached hydrogens (tertiary/aromatic N) is 2. The van der Waals surface area contributed by atoms with Gasteiger partial charge in [-0.1, -0.05) is 18.2 Å². The van der Waals surface area contributed by atoms with E-state index in [4.69, 9.17) is 10.00 Å². The van der Waals surface area contributed by atoms with Crippen molar-refractivity contribution in [1.82, 2.24) is 10.2 Å². The number of hydrogen-bond acceptors (Lipinski definition) is 5. The number of carbonyl (C=O) groups excluding carboxylic acids is 1. The average molecular weight is 355 g/mol. The van der Waals surface area contributed by atoms with E-state index in [0.29, 0.717) is 17.9 Å². The monoisotopic (exact) mass is 355 g/mol. The second-order valence-corrected chi connectivity index (χ2v) is 6.95. The van der Waals surface area contributed by atoms with Crippen LogP contribution in [0.1, 0.15) is 29.3 Å². The Morgan fingerprint density at radius 3 is 2.80 bits per heavy atom. The molecular weight excluding hydrogens is 334 g/mol. The summed E-state index contributed by atoms with van der Waals surface area (Å²) < 4.78 is 5.49. The number of amides is 1. The Hall–Kier alpha value is -2.36. The molecule has 1 aliphatic heterocycles. The van der Waals surface area contributed by atoms with Gasteiger partial charge in [-0.05, 0) is 49.5 Å². The molecule has 1 aromatic carbocycles. The van der Waals surface area contributed by atoms with Crippen LogP contribution in [0.15, 0.2) is 41.8 Å². The Labute approximate surface area is 151 Å². The van der Waals surface area contributed by atoms with Gasteiger partial charge < -0.3 is 10.1 Å². The molecule has 3 rings (SSSR count). The molecule has 0 unspecified atom stereocenters. The zero-order chi connectivity index (χ0) is 17.5. The van der Waals surface area contributed by atoms with Gasteiger partial charge in [-0.25, -0.2) is 0 Å². The number of nitrogens with one attached hydrogen (secondary N) is 1. The molecule has 1 aromatic heterocycles. The van der Waals surface area contributed by atoms with Gasteiger partial charge in [0.1, 0.15) is 11.8 Å². The molecule has 25 heavy (non-hydrogen) atoms. The number of carbonyl (C=O) groups is 1. The van der Waals surface area contributed by atoms with E-state index in [0.717, 1.165) is 13.1 Å². The van der Waals surface area contributed by atoms with Crippen molar-refractivity contribution in [2.24, 2.45) is 0 Å². The van der Waals surface area contributed by atoms with Gasteiger partial charge in [-0.2, -0.15) is 5.26 Å². The van der Waals surface area contributed by atoms with E-state index in [-0.39, 0.29) is 18.6 Å². The maximum Gasteiger partial charge on any atom is 0.258 e. The molecule has 0 bridgehead atoms. The van der Waals surface area contributed by atoms with Crippen LogP contribution in [0, 0.1) is 11.3 Å². The SMILES string of the molecule is N#Cc1ccccc1OCC(=O)NC[C@@H](c1cccs1)N1CCCC1. The number of nitriles is 1. The largest absolute Gasteiger partial charge is 0.482 e. The Balaban J connectivity index is 1.54.